The van der Waals surface area contributed by atoms with Crippen LogP contribution < -0.4 is 5.32 Å². The number of hydrogen-bond acceptors (Lipinski definition) is 1. The highest BCUT2D eigenvalue weighted by Crippen LogP contribution is 2.34. The van der Waals surface area contributed by atoms with E-state index in [2.05, 4.69) is 36.2 Å². The van der Waals surface area contributed by atoms with Crippen molar-refractivity contribution in [2.75, 3.05) is 12.4 Å². The first-order valence-electron chi connectivity index (χ1n) is 6.24. The summed E-state index contributed by atoms with van der Waals surface area (Å²) in [5.41, 5.74) is 4.06. The Kier molecular flexibility index (Phi) is 3.66. The van der Waals surface area contributed by atoms with Gasteiger partial charge in [0.15, 0.2) is 0 Å². The van der Waals surface area contributed by atoms with Crippen molar-refractivity contribution in [3.05, 3.63) is 42.0 Å². The van der Waals surface area contributed by atoms with Crippen molar-refractivity contribution >= 4 is 5.69 Å². The third-order valence-corrected chi connectivity index (χ3v) is 3.66. The van der Waals surface area contributed by atoms with Crippen LogP contribution in [0.3, 0.4) is 0 Å². The monoisotopic (exact) mass is 215 g/mol. The molecule has 0 spiro atoms. The zero-order chi connectivity index (χ0) is 11.4. The van der Waals surface area contributed by atoms with Gasteiger partial charge < -0.3 is 5.32 Å². The number of hydrogen-bond donors (Lipinski definition) is 1. The Bertz CT molecular complexity index is 346. The van der Waals surface area contributed by atoms with Gasteiger partial charge in [-0.3, -0.25) is 0 Å². The molecule has 1 fully saturated rings. The summed E-state index contributed by atoms with van der Waals surface area (Å²) in [5.74, 6) is 0.830. The molecule has 1 aliphatic rings. The van der Waals surface area contributed by atoms with Crippen LogP contribution >= 0.6 is 0 Å². The topological polar surface area (TPSA) is 12.0 Å². The summed E-state index contributed by atoms with van der Waals surface area (Å²) >= 11 is 0. The second kappa shape index (κ2) is 5.20. The minimum absolute atomic E-state index is 0.830. The van der Waals surface area contributed by atoms with Gasteiger partial charge in [-0.1, -0.05) is 30.7 Å². The van der Waals surface area contributed by atoms with Gasteiger partial charge in [-0.15, -0.1) is 0 Å². The molecule has 1 aromatic carbocycles. The van der Waals surface area contributed by atoms with Gasteiger partial charge in [0.1, 0.15) is 0 Å². The molecule has 0 aromatic heterocycles. The first-order valence-corrected chi connectivity index (χ1v) is 6.24. The molecule has 1 nitrogen and oxygen atoms in total. The van der Waals surface area contributed by atoms with E-state index in [-0.39, 0.29) is 0 Å². The van der Waals surface area contributed by atoms with Crippen LogP contribution in [-0.2, 0) is 6.42 Å². The summed E-state index contributed by atoms with van der Waals surface area (Å²) in [5, 5.41) is 3.14. The molecule has 1 N–H and O–H groups in total. The second-order valence-electron chi connectivity index (χ2n) is 4.73. The van der Waals surface area contributed by atoms with Crippen LogP contribution in [-0.4, -0.2) is 7.05 Å². The quantitative estimate of drug-likeness (QED) is 0.732. The van der Waals surface area contributed by atoms with Crippen molar-refractivity contribution in [3.8, 4) is 0 Å². The molecule has 0 aliphatic heterocycles. The molecule has 1 aromatic rings. The Morgan fingerprint density at radius 1 is 1.31 bits per heavy atom. The van der Waals surface area contributed by atoms with Crippen LogP contribution in [0.25, 0.3) is 0 Å². The lowest BCUT2D eigenvalue weighted by Gasteiger charge is -2.27. The highest BCUT2D eigenvalue weighted by Gasteiger charge is 2.19. The van der Waals surface area contributed by atoms with E-state index in [1.165, 1.54) is 36.1 Å². The number of allylic oxidation sites excluding steroid dienone is 1. The van der Waals surface area contributed by atoms with E-state index >= 15 is 0 Å². The van der Waals surface area contributed by atoms with Crippen LogP contribution in [0.4, 0.5) is 5.69 Å². The lowest BCUT2D eigenvalue weighted by atomic mass is 9.78. The Hall–Kier alpha value is -1.24. The molecule has 0 saturated heterocycles. The predicted molar refractivity (Wildman–Crippen MR) is 70.8 cm³/mol. The molecule has 1 aliphatic carbocycles. The zero-order valence-electron chi connectivity index (χ0n) is 10.1. The lowest BCUT2D eigenvalue weighted by Crippen LogP contribution is -2.13. The van der Waals surface area contributed by atoms with Gasteiger partial charge in [0.25, 0.3) is 0 Å². The van der Waals surface area contributed by atoms with Crippen molar-refractivity contribution in [2.24, 2.45) is 5.92 Å². The van der Waals surface area contributed by atoms with Crippen molar-refractivity contribution < 1.29 is 0 Å². The summed E-state index contributed by atoms with van der Waals surface area (Å²) in [6.45, 7) is 4.21. The van der Waals surface area contributed by atoms with Crippen molar-refractivity contribution in [1.82, 2.24) is 0 Å². The average Bonchev–Trinajstić information content (AvgIpc) is 2.25. The molecule has 0 unspecified atom stereocenters. The Morgan fingerprint density at radius 2 is 2.00 bits per heavy atom. The molecule has 86 valence electrons. The molecular weight excluding hydrogens is 194 g/mol. The summed E-state index contributed by atoms with van der Waals surface area (Å²) in [7, 11) is 1.95. The van der Waals surface area contributed by atoms with Gasteiger partial charge in [-0.2, -0.15) is 0 Å². The molecule has 0 heterocycles. The van der Waals surface area contributed by atoms with E-state index in [4.69, 9.17) is 0 Å². The van der Waals surface area contributed by atoms with Crippen LogP contribution in [0.5, 0.6) is 0 Å². The molecular formula is C15H21N. The van der Waals surface area contributed by atoms with Crippen LogP contribution in [0, 0.1) is 5.92 Å². The van der Waals surface area contributed by atoms with E-state index in [0.29, 0.717) is 0 Å². The molecule has 0 atom stereocenters. The van der Waals surface area contributed by atoms with Crippen LogP contribution in [0.15, 0.2) is 36.4 Å². The Labute approximate surface area is 98.6 Å². The van der Waals surface area contributed by atoms with Crippen LogP contribution in [0.1, 0.15) is 31.2 Å². The summed E-state index contributed by atoms with van der Waals surface area (Å²) in [6.07, 6.45) is 6.44. The Morgan fingerprint density at radius 3 is 2.50 bits per heavy atom. The van der Waals surface area contributed by atoms with Gasteiger partial charge in [-0.05, 0) is 49.3 Å². The first kappa shape index (κ1) is 11.3. The van der Waals surface area contributed by atoms with Crippen molar-refractivity contribution in [2.45, 2.75) is 32.1 Å². The maximum atomic E-state index is 4.21. The zero-order valence-corrected chi connectivity index (χ0v) is 10.1. The molecule has 0 amide bonds. The summed E-state index contributed by atoms with van der Waals surface area (Å²) < 4.78 is 0. The SMILES string of the molecule is C=C(CCc1ccc(NC)cc1)C1CCC1. The molecule has 2 rings (SSSR count). The van der Waals surface area contributed by atoms with E-state index in [1.54, 1.807) is 0 Å². The lowest BCUT2D eigenvalue weighted by molar-refractivity contribution is 0.360. The van der Waals surface area contributed by atoms with Gasteiger partial charge in [0.05, 0.1) is 0 Å². The van der Waals surface area contributed by atoms with E-state index in [0.717, 1.165) is 18.8 Å². The number of benzene rings is 1. The van der Waals surface area contributed by atoms with E-state index in [9.17, 15) is 0 Å². The van der Waals surface area contributed by atoms with E-state index in [1.807, 2.05) is 7.05 Å². The van der Waals surface area contributed by atoms with Gasteiger partial charge in [0, 0.05) is 12.7 Å². The molecule has 1 heteroatoms. The fraction of sp³-hybridized carbons (Fsp3) is 0.467. The van der Waals surface area contributed by atoms with E-state index < -0.39 is 0 Å². The summed E-state index contributed by atoms with van der Waals surface area (Å²) in [4.78, 5) is 0. The number of anilines is 1. The maximum Gasteiger partial charge on any atom is 0.0337 e. The van der Waals surface area contributed by atoms with Crippen molar-refractivity contribution in [1.29, 1.82) is 0 Å². The minimum atomic E-state index is 0.830. The normalized spacial score (nSPS) is 15.6. The highest BCUT2D eigenvalue weighted by molar-refractivity contribution is 5.43. The summed E-state index contributed by atoms with van der Waals surface area (Å²) in [6, 6.07) is 8.70. The highest BCUT2D eigenvalue weighted by atomic mass is 14.8. The molecule has 1 saturated carbocycles. The number of aryl methyl sites for hydroxylation is 1. The average molecular weight is 215 g/mol. The standard InChI is InChI=1S/C15H21N/c1-12(14-4-3-5-14)6-7-13-8-10-15(16-2)11-9-13/h8-11,14,16H,1,3-7H2,2H3. The largest absolute Gasteiger partial charge is 0.388 e. The molecule has 0 radical (unpaired) electrons. The van der Waals surface area contributed by atoms with Gasteiger partial charge >= 0.3 is 0 Å². The molecule has 16 heavy (non-hydrogen) atoms. The fourth-order valence-corrected chi connectivity index (χ4v) is 2.16. The number of rotatable bonds is 5. The smallest absolute Gasteiger partial charge is 0.0337 e. The second-order valence-corrected chi connectivity index (χ2v) is 4.73. The third kappa shape index (κ3) is 2.66. The fourth-order valence-electron chi connectivity index (χ4n) is 2.16. The molecule has 0 bridgehead atoms. The van der Waals surface area contributed by atoms with Gasteiger partial charge in [0.2, 0.25) is 0 Å². The Balaban J connectivity index is 1.81. The third-order valence-electron chi connectivity index (χ3n) is 3.66. The minimum Gasteiger partial charge on any atom is -0.388 e. The maximum absolute atomic E-state index is 4.21. The number of nitrogens with one attached hydrogen (secondary N) is 1. The van der Waals surface area contributed by atoms with Crippen LogP contribution in [0.2, 0.25) is 0 Å². The van der Waals surface area contributed by atoms with Crippen molar-refractivity contribution in [3.63, 3.8) is 0 Å². The predicted octanol–water partition coefficient (Wildman–Crippen LogP) is 4.02. The first-order chi connectivity index (χ1) is 7.79. The van der Waals surface area contributed by atoms with Gasteiger partial charge in [-0.25, -0.2) is 0 Å².